The number of hydrogen-bond acceptors (Lipinski definition) is 3. The average molecular weight is 346 g/mol. The number of likely N-dealkylation sites (tertiary alicyclic amines) is 1. The topological polar surface area (TPSA) is 83.1 Å². The lowest BCUT2D eigenvalue weighted by Crippen LogP contribution is -2.98. The first-order chi connectivity index (χ1) is 11.8. The van der Waals surface area contributed by atoms with Gasteiger partial charge in [-0.15, -0.1) is 0 Å². The van der Waals surface area contributed by atoms with Gasteiger partial charge in [-0.25, -0.2) is 4.39 Å². The molecule has 6 nitrogen and oxygen atoms in total. The second-order valence-electron chi connectivity index (χ2n) is 7.35. The zero-order valence-corrected chi connectivity index (χ0v) is 14.4. The van der Waals surface area contributed by atoms with Crippen LogP contribution < -0.4 is 10.6 Å². The summed E-state index contributed by atoms with van der Waals surface area (Å²) >= 11 is 0. The lowest BCUT2D eigenvalue weighted by atomic mass is 9.76. The lowest BCUT2D eigenvalue weighted by molar-refractivity contribution is -0.730. The Kier molecular flexibility index (Phi) is 3.31. The summed E-state index contributed by atoms with van der Waals surface area (Å²) in [5.74, 6) is -2.72. The monoisotopic (exact) mass is 346 g/mol. The van der Waals surface area contributed by atoms with Crippen molar-refractivity contribution >= 4 is 23.4 Å². The second-order valence-corrected chi connectivity index (χ2v) is 7.35. The SMILES string of the molecule is CC[C@@H](C)N1C(=O)[C@@H]2[C@H](C)[NH2+][C@@]3(C(=O)Nc4ccc(F)cc43)[C@@H]2C1=O. The number of nitrogens with one attached hydrogen (secondary N) is 1. The van der Waals surface area contributed by atoms with Gasteiger partial charge in [-0.2, -0.15) is 0 Å². The van der Waals surface area contributed by atoms with Crippen LogP contribution in [0.1, 0.15) is 32.8 Å². The number of fused-ring (bicyclic) bond motifs is 4. The van der Waals surface area contributed by atoms with Crippen molar-refractivity contribution in [2.45, 2.75) is 44.8 Å². The molecular formula is C18H21FN3O3+. The van der Waals surface area contributed by atoms with Gasteiger partial charge in [0.25, 0.3) is 5.91 Å². The van der Waals surface area contributed by atoms with E-state index < -0.39 is 23.2 Å². The Morgan fingerprint density at radius 3 is 2.72 bits per heavy atom. The zero-order chi connectivity index (χ0) is 18.1. The molecule has 2 fully saturated rings. The van der Waals surface area contributed by atoms with E-state index in [0.29, 0.717) is 17.7 Å². The van der Waals surface area contributed by atoms with Gasteiger partial charge in [0.2, 0.25) is 17.4 Å². The molecule has 3 heterocycles. The maximum Gasteiger partial charge on any atom is 0.291 e. The summed E-state index contributed by atoms with van der Waals surface area (Å²) in [5.41, 5.74) is -0.294. The number of rotatable bonds is 2. The fourth-order valence-corrected chi connectivity index (χ4v) is 4.75. The maximum atomic E-state index is 13.9. The lowest BCUT2D eigenvalue weighted by Gasteiger charge is -2.28. The minimum Gasteiger partial charge on any atom is -0.326 e. The van der Waals surface area contributed by atoms with E-state index >= 15 is 0 Å². The van der Waals surface area contributed by atoms with Crippen molar-refractivity contribution in [1.82, 2.24) is 4.90 Å². The van der Waals surface area contributed by atoms with Crippen LogP contribution in [0.3, 0.4) is 0 Å². The summed E-state index contributed by atoms with van der Waals surface area (Å²) < 4.78 is 13.9. The molecule has 0 aliphatic carbocycles. The van der Waals surface area contributed by atoms with E-state index in [1.54, 1.807) is 5.32 Å². The minimum absolute atomic E-state index is 0.216. The largest absolute Gasteiger partial charge is 0.326 e. The Morgan fingerprint density at radius 2 is 2.04 bits per heavy atom. The van der Waals surface area contributed by atoms with Gasteiger partial charge in [0.05, 0.1) is 11.7 Å². The Hall–Kier alpha value is -2.28. The highest BCUT2D eigenvalue weighted by Gasteiger charge is 2.73. The molecule has 25 heavy (non-hydrogen) atoms. The molecule has 5 atom stereocenters. The average Bonchev–Trinajstić information content (AvgIpc) is 3.12. The van der Waals surface area contributed by atoms with Crippen LogP contribution in [0.2, 0.25) is 0 Å². The summed E-state index contributed by atoms with van der Waals surface area (Å²) in [6.07, 6.45) is 0.652. The van der Waals surface area contributed by atoms with Crippen LogP contribution >= 0.6 is 0 Å². The van der Waals surface area contributed by atoms with Crippen molar-refractivity contribution in [3.63, 3.8) is 0 Å². The highest BCUT2D eigenvalue weighted by molar-refractivity contribution is 6.14. The van der Waals surface area contributed by atoms with Gasteiger partial charge in [-0.05, 0) is 38.5 Å². The number of anilines is 1. The number of hydrogen-bond donors (Lipinski definition) is 2. The van der Waals surface area contributed by atoms with E-state index in [0.717, 1.165) is 0 Å². The Bertz CT molecular complexity index is 811. The summed E-state index contributed by atoms with van der Waals surface area (Å²) in [7, 11) is 0. The number of imide groups is 1. The first kappa shape index (κ1) is 16.2. The smallest absolute Gasteiger partial charge is 0.291 e. The highest BCUT2D eigenvalue weighted by atomic mass is 19.1. The van der Waals surface area contributed by atoms with Crippen molar-refractivity contribution in [2.24, 2.45) is 11.8 Å². The first-order valence-electron chi connectivity index (χ1n) is 8.67. The van der Waals surface area contributed by atoms with Gasteiger partial charge in [-0.1, -0.05) is 6.92 Å². The molecule has 3 amide bonds. The van der Waals surface area contributed by atoms with Crippen molar-refractivity contribution in [2.75, 3.05) is 5.32 Å². The number of quaternary nitrogens is 1. The van der Waals surface area contributed by atoms with Crippen molar-refractivity contribution in [3.8, 4) is 0 Å². The van der Waals surface area contributed by atoms with Gasteiger partial charge in [0.15, 0.2) is 0 Å². The van der Waals surface area contributed by atoms with Crippen LogP contribution in [-0.4, -0.2) is 34.7 Å². The van der Waals surface area contributed by atoms with Gasteiger partial charge in [0.1, 0.15) is 17.7 Å². The Balaban J connectivity index is 1.89. The molecular weight excluding hydrogens is 325 g/mol. The van der Waals surface area contributed by atoms with E-state index in [1.165, 1.54) is 23.1 Å². The molecule has 0 unspecified atom stereocenters. The fraction of sp³-hybridized carbons (Fsp3) is 0.500. The van der Waals surface area contributed by atoms with E-state index in [9.17, 15) is 18.8 Å². The molecule has 0 bridgehead atoms. The van der Waals surface area contributed by atoms with Gasteiger partial charge in [-0.3, -0.25) is 19.3 Å². The first-order valence-corrected chi connectivity index (χ1v) is 8.67. The molecule has 1 spiro atoms. The molecule has 4 rings (SSSR count). The van der Waals surface area contributed by atoms with Crippen molar-refractivity contribution in [3.05, 3.63) is 29.6 Å². The van der Waals surface area contributed by atoms with E-state index in [1.807, 2.05) is 20.8 Å². The molecule has 0 saturated carbocycles. The summed E-state index contributed by atoms with van der Waals surface area (Å²) in [4.78, 5) is 40.3. The zero-order valence-electron chi connectivity index (χ0n) is 14.4. The molecule has 0 radical (unpaired) electrons. The predicted octanol–water partition coefficient (Wildman–Crippen LogP) is 0.338. The van der Waals surface area contributed by atoms with Crippen LogP contribution in [0, 0.1) is 17.7 Å². The highest BCUT2D eigenvalue weighted by Crippen LogP contribution is 2.49. The molecule has 3 aliphatic rings. The maximum absolute atomic E-state index is 13.9. The summed E-state index contributed by atoms with van der Waals surface area (Å²) in [5, 5.41) is 4.54. The van der Waals surface area contributed by atoms with E-state index in [2.05, 4.69) is 5.32 Å². The molecule has 1 aromatic rings. The number of carbonyl (C=O) groups excluding carboxylic acids is 3. The fourth-order valence-electron chi connectivity index (χ4n) is 4.75. The number of halogens is 1. The van der Waals surface area contributed by atoms with Gasteiger partial charge in [0, 0.05) is 11.6 Å². The number of benzene rings is 1. The summed E-state index contributed by atoms with van der Waals surface area (Å²) in [6, 6.07) is 3.64. The molecule has 3 aliphatic heterocycles. The van der Waals surface area contributed by atoms with Crippen molar-refractivity contribution in [1.29, 1.82) is 0 Å². The quantitative estimate of drug-likeness (QED) is 0.758. The Labute approximate surface area is 144 Å². The Morgan fingerprint density at radius 1 is 1.32 bits per heavy atom. The third-order valence-electron chi connectivity index (χ3n) is 6.05. The number of nitrogens with zero attached hydrogens (tertiary/aromatic N) is 1. The minimum atomic E-state index is -1.27. The third-order valence-corrected chi connectivity index (χ3v) is 6.05. The van der Waals surface area contributed by atoms with Crippen LogP contribution in [0.25, 0.3) is 0 Å². The van der Waals surface area contributed by atoms with E-state index in [4.69, 9.17) is 0 Å². The van der Waals surface area contributed by atoms with Crippen molar-refractivity contribution < 1.29 is 24.1 Å². The van der Waals surface area contributed by atoms with Gasteiger partial charge >= 0.3 is 0 Å². The number of nitrogens with two attached hydrogens (primary N) is 1. The standard InChI is InChI=1S/C18H20FN3O3/c1-4-8(2)22-15(23)13-9(3)21-18(14(13)16(22)24)11-7-10(19)5-6-12(11)20-17(18)25/h5-9,13-14,21H,4H2,1-3H3,(H,20,25)/p+1/t8-,9+,13-,14+,18-/m1/s1. The third kappa shape index (κ3) is 1.84. The number of carbonyl (C=O) groups is 3. The van der Waals surface area contributed by atoms with Crippen LogP contribution in [0.5, 0.6) is 0 Å². The normalized spacial score (nSPS) is 34.5. The molecule has 3 N–H and O–H groups in total. The second kappa shape index (κ2) is 5.11. The molecule has 1 aromatic carbocycles. The van der Waals surface area contributed by atoms with Crippen LogP contribution in [0.15, 0.2) is 18.2 Å². The van der Waals surface area contributed by atoms with Gasteiger partial charge < -0.3 is 10.6 Å². The van der Waals surface area contributed by atoms with Crippen LogP contribution in [0.4, 0.5) is 10.1 Å². The molecule has 2 saturated heterocycles. The number of amides is 3. The van der Waals surface area contributed by atoms with E-state index in [-0.39, 0.29) is 29.8 Å². The van der Waals surface area contributed by atoms with Crippen LogP contribution in [-0.2, 0) is 19.9 Å². The molecule has 7 heteroatoms. The molecule has 132 valence electrons. The molecule has 0 aromatic heterocycles. The summed E-state index contributed by atoms with van der Waals surface area (Å²) in [6.45, 7) is 5.60. The predicted molar refractivity (Wildman–Crippen MR) is 86.7 cm³/mol.